The quantitative estimate of drug-likeness (QED) is 0.657. The average Bonchev–Trinajstić information content (AvgIpc) is 2.85. The van der Waals surface area contributed by atoms with Crippen molar-refractivity contribution in [1.29, 1.82) is 0 Å². The lowest BCUT2D eigenvalue weighted by molar-refractivity contribution is 0.353. The van der Waals surface area contributed by atoms with Crippen LogP contribution in [0.4, 0.5) is 0 Å². The van der Waals surface area contributed by atoms with E-state index in [9.17, 15) is 0 Å². The van der Waals surface area contributed by atoms with Crippen LogP contribution in [-0.4, -0.2) is 6.61 Å². The Bertz CT molecular complexity index is 610. The summed E-state index contributed by atoms with van der Waals surface area (Å²) in [4.78, 5) is 0. The zero-order valence-corrected chi connectivity index (χ0v) is 13.1. The highest BCUT2D eigenvalue weighted by molar-refractivity contribution is 9.10. The molecule has 1 heterocycles. The molecule has 0 aliphatic carbocycles. The molecule has 4 heteroatoms. The molecule has 19 heavy (non-hydrogen) atoms. The van der Waals surface area contributed by atoms with Gasteiger partial charge in [-0.1, -0.05) is 39.7 Å². The molecule has 2 aromatic carbocycles. The highest BCUT2D eigenvalue weighted by atomic mass is 79.9. The Labute approximate surface area is 130 Å². The van der Waals surface area contributed by atoms with Gasteiger partial charge in [-0.25, -0.2) is 0 Å². The standard InChI is InChI=1S/C15H11BrCl2O/c16-11-3-1-9(2-4-11)14(18)13-8-12(17)7-10-5-6-19-15(10)13/h1-4,7-8,14H,5-6H2. The average molecular weight is 358 g/mol. The molecule has 0 radical (unpaired) electrons. The summed E-state index contributed by atoms with van der Waals surface area (Å²) in [6.45, 7) is 0.701. The molecule has 0 amide bonds. The largest absolute Gasteiger partial charge is 0.493 e. The highest BCUT2D eigenvalue weighted by Gasteiger charge is 2.23. The smallest absolute Gasteiger partial charge is 0.127 e. The number of benzene rings is 2. The van der Waals surface area contributed by atoms with Gasteiger partial charge >= 0.3 is 0 Å². The monoisotopic (exact) mass is 356 g/mol. The molecular weight excluding hydrogens is 347 g/mol. The van der Waals surface area contributed by atoms with Gasteiger partial charge in [0.15, 0.2) is 0 Å². The van der Waals surface area contributed by atoms with Crippen LogP contribution in [0.15, 0.2) is 40.9 Å². The van der Waals surface area contributed by atoms with Crippen LogP contribution in [0, 0.1) is 0 Å². The van der Waals surface area contributed by atoms with Crippen molar-refractivity contribution in [3.8, 4) is 5.75 Å². The van der Waals surface area contributed by atoms with E-state index in [-0.39, 0.29) is 5.38 Å². The van der Waals surface area contributed by atoms with Crippen molar-refractivity contribution < 1.29 is 4.74 Å². The summed E-state index contributed by atoms with van der Waals surface area (Å²) in [6.07, 6.45) is 0.896. The van der Waals surface area contributed by atoms with Gasteiger partial charge in [0, 0.05) is 21.5 Å². The molecule has 98 valence electrons. The van der Waals surface area contributed by atoms with Crippen LogP contribution in [-0.2, 0) is 6.42 Å². The lowest BCUT2D eigenvalue weighted by Crippen LogP contribution is -1.97. The fourth-order valence-corrected chi connectivity index (χ4v) is 3.12. The van der Waals surface area contributed by atoms with E-state index in [0.29, 0.717) is 11.6 Å². The molecule has 1 aliphatic heterocycles. The first-order valence-electron chi connectivity index (χ1n) is 6.00. The molecule has 3 rings (SSSR count). The molecule has 0 fully saturated rings. The Morgan fingerprint density at radius 3 is 2.63 bits per heavy atom. The Kier molecular flexibility index (Phi) is 3.75. The number of ether oxygens (including phenoxy) is 1. The molecule has 1 atom stereocenters. The third-order valence-electron chi connectivity index (χ3n) is 3.21. The molecule has 0 aromatic heterocycles. The second-order valence-corrected chi connectivity index (χ2v) is 6.28. The molecule has 1 unspecified atom stereocenters. The fraction of sp³-hybridized carbons (Fsp3) is 0.200. The van der Waals surface area contributed by atoms with Crippen LogP contribution in [0.1, 0.15) is 22.1 Å². The van der Waals surface area contributed by atoms with Crippen molar-refractivity contribution in [3.05, 3.63) is 62.6 Å². The molecule has 1 aliphatic rings. The van der Waals surface area contributed by atoms with E-state index in [2.05, 4.69) is 15.9 Å². The Morgan fingerprint density at radius 2 is 1.89 bits per heavy atom. The number of hydrogen-bond acceptors (Lipinski definition) is 1. The van der Waals surface area contributed by atoms with Crippen LogP contribution in [0.2, 0.25) is 5.02 Å². The second-order valence-electron chi connectivity index (χ2n) is 4.50. The lowest BCUT2D eigenvalue weighted by atomic mass is 10.0. The summed E-state index contributed by atoms with van der Waals surface area (Å²) in [5, 5.41) is 0.459. The first kappa shape index (κ1) is 13.3. The molecule has 0 saturated carbocycles. The lowest BCUT2D eigenvalue weighted by Gasteiger charge is -2.15. The molecule has 0 bridgehead atoms. The van der Waals surface area contributed by atoms with Crippen molar-refractivity contribution >= 4 is 39.1 Å². The van der Waals surface area contributed by atoms with Crippen molar-refractivity contribution in [2.75, 3.05) is 6.61 Å². The first-order valence-corrected chi connectivity index (χ1v) is 7.60. The van der Waals surface area contributed by atoms with Crippen LogP contribution < -0.4 is 4.74 Å². The van der Waals surface area contributed by atoms with E-state index in [1.165, 1.54) is 0 Å². The van der Waals surface area contributed by atoms with E-state index < -0.39 is 0 Å². The number of alkyl halides is 1. The van der Waals surface area contributed by atoms with Crippen LogP contribution in [0.5, 0.6) is 5.75 Å². The maximum absolute atomic E-state index is 6.59. The second kappa shape index (κ2) is 5.35. The van der Waals surface area contributed by atoms with Crippen molar-refractivity contribution in [3.63, 3.8) is 0 Å². The number of halogens is 3. The molecule has 2 aromatic rings. The van der Waals surface area contributed by atoms with Crippen LogP contribution in [0.25, 0.3) is 0 Å². The van der Waals surface area contributed by atoms with Gasteiger partial charge in [0.25, 0.3) is 0 Å². The fourth-order valence-electron chi connectivity index (χ4n) is 2.30. The van der Waals surface area contributed by atoms with Crippen molar-refractivity contribution in [2.24, 2.45) is 0 Å². The molecule has 0 N–H and O–H groups in total. The Balaban J connectivity index is 2.04. The Hall–Kier alpha value is -0.700. The van der Waals surface area contributed by atoms with Gasteiger partial charge in [0.2, 0.25) is 0 Å². The summed E-state index contributed by atoms with van der Waals surface area (Å²) in [6, 6.07) is 11.8. The van der Waals surface area contributed by atoms with E-state index in [4.69, 9.17) is 27.9 Å². The third-order valence-corrected chi connectivity index (χ3v) is 4.45. The SMILES string of the molecule is Clc1cc2c(c(C(Cl)c3ccc(Br)cc3)c1)OCC2. The number of rotatable bonds is 2. The summed E-state index contributed by atoms with van der Waals surface area (Å²) >= 11 is 16.2. The molecule has 1 nitrogen and oxygen atoms in total. The van der Waals surface area contributed by atoms with Gasteiger partial charge < -0.3 is 4.74 Å². The van der Waals surface area contributed by atoms with Gasteiger partial charge in [-0.15, -0.1) is 11.6 Å². The predicted molar refractivity (Wildman–Crippen MR) is 82.5 cm³/mol. The maximum atomic E-state index is 6.59. The molecule has 0 spiro atoms. The van der Waals surface area contributed by atoms with Gasteiger partial charge in [-0.05, 0) is 35.4 Å². The minimum atomic E-state index is -0.251. The summed E-state index contributed by atoms with van der Waals surface area (Å²) in [7, 11) is 0. The van der Waals surface area contributed by atoms with Crippen molar-refractivity contribution in [1.82, 2.24) is 0 Å². The zero-order chi connectivity index (χ0) is 13.4. The van der Waals surface area contributed by atoms with Gasteiger partial charge in [0.1, 0.15) is 5.75 Å². The van der Waals surface area contributed by atoms with E-state index in [0.717, 1.165) is 33.3 Å². The maximum Gasteiger partial charge on any atom is 0.127 e. The number of fused-ring (bicyclic) bond motifs is 1. The van der Waals surface area contributed by atoms with E-state index >= 15 is 0 Å². The molecular formula is C15H11BrCl2O. The minimum Gasteiger partial charge on any atom is -0.493 e. The van der Waals surface area contributed by atoms with E-state index in [1.807, 2.05) is 36.4 Å². The first-order chi connectivity index (χ1) is 9.15. The Morgan fingerprint density at radius 1 is 1.16 bits per heavy atom. The predicted octanol–water partition coefficient (Wildman–Crippen LogP) is 5.37. The normalized spacial score (nSPS) is 14.9. The molecule has 0 saturated heterocycles. The topological polar surface area (TPSA) is 9.23 Å². The van der Waals surface area contributed by atoms with Crippen molar-refractivity contribution in [2.45, 2.75) is 11.8 Å². The van der Waals surface area contributed by atoms with Gasteiger partial charge in [-0.2, -0.15) is 0 Å². The summed E-state index contributed by atoms with van der Waals surface area (Å²) < 4.78 is 6.73. The van der Waals surface area contributed by atoms with E-state index in [1.54, 1.807) is 0 Å². The minimum absolute atomic E-state index is 0.251. The highest BCUT2D eigenvalue weighted by Crippen LogP contribution is 2.41. The van der Waals surface area contributed by atoms with Crippen LogP contribution >= 0.6 is 39.1 Å². The van der Waals surface area contributed by atoms with Crippen LogP contribution in [0.3, 0.4) is 0 Å². The summed E-state index contributed by atoms with van der Waals surface area (Å²) in [5.41, 5.74) is 3.12. The van der Waals surface area contributed by atoms with Gasteiger partial charge in [-0.3, -0.25) is 0 Å². The number of hydrogen-bond donors (Lipinski definition) is 0. The summed E-state index contributed by atoms with van der Waals surface area (Å²) in [5.74, 6) is 0.896. The zero-order valence-electron chi connectivity index (χ0n) is 10.00. The van der Waals surface area contributed by atoms with Gasteiger partial charge in [0.05, 0.1) is 12.0 Å². The third kappa shape index (κ3) is 2.62.